The van der Waals surface area contributed by atoms with Crippen molar-refractivity contribution in [3.05, 3.63) is 65.2 Å². The first kappa shape index (κ1) is 20.5. The third-order valence-electron chi connectivity index (χ3n) is 4.81. The molecule has 6 nitrogen and oxygen atoms in total. The number of fused-ring (bicyclic) bond motifs is 3. The molecule has 5 aromatic rings. The summed E-state index contributed by atoms with van der Waals surface area (Å²) in [7, 11) is 0. The zero-order valence-corrected chi connectivity index (χ0v) is 17.2. The van der Waals surface area contributed by atoms with Crippen LogP contribution >= 0.6 is 15.9 Å². The minimum Gasteiger partial charge on any atom is -0.422 e. The number of nitrogens with zero attached hydrogens (tertiary/aromatic N) is 5. The molecular weight excluding hydrogens is 501 g/mol. The lowest BCUT2D eigenvalue weighted by Crippen LogP contribution is -2.34. The topological polar surface area (TPSA) is 69.1 Å². The zero-order chi connectivity index (χ0) is 22.7. The highest BCUT2D eigenvalue weighted by Gasteiger charge is 2.60. The van der Waals surface area contributed by atoms with Crippen molar-refractivity contribution in [2.75, 3.05) is 0 Å². The maximum atomic E-state index is 14.3. The van der Waals surface area contributed by atoms with Crippen LogP contribution < -0.4 is 0 Å². The molecule has 0 aliphatic rings. The van der Waals surface area contributed by atoms with Crippen LogP contribution in [0, 0.1) is 0 Å². The van der Waals surface area contributed by atoms with Gasteiger partial charge in [0.2, 0.25) is 6.39 Å². The van der Waals surface area contributed by atoms with Crippen LogP contribution in [0.1, 0.15) is 5.69 Å². The molecule has 0 aliphatic carbocycles. The first-order valence-electron chi connectivity index (χ1n) is 8.95. The van der Waals surface area contributed by atoms with Gasteiger partial charge in [-0.25, -0.2) is 9.97 Å². The minimum atomic E-state index is -5.82. The number of pyridine rings is 2. The molecule has 0 amide bonds. The van der Waals surface area contributed by atoms with Crippen LogP contribution in [-0.2, 0) is 5.92 Å². The molecule has 0 saturated carbocycles. The number of imidazole rings is 1. The fraction of sp³-hybridized carbons (Fsp3) is 0.100. The van der Waals surface area contributed by atoms with Crippen molar-refractivity contribution < 1.29 is 26.4 Å². The SMILES string of the molecule is FC(F)(F)C(F)(F)c1cc(-c2ccc(Br)cc2)c2ccc3nc(-c4nnco4)cn3c2n1. The third kappa shape index (κ3) is 3.22. The summed E-state index contributed by atoms with van der Waals surface area (Å²) in [5.41, 5.74) is -0.466. The summed E-state index contributed by atoms with van der Waals surface area (Å²) in [4.78, 5) is 7.99. The van der Waals surface area contributed by atoms with E-state index in [1.54, 1.807) is 36.4 Å². The monoisotopic (exact) mass is 509 g/mol. The van der Waals surface area contributed by atoms with E-state index in [4.69, 9.17) is 4.42 Å². The smallest absolute Gasteiger partial charge is 0.422 e. The van der Waals surface area contributed by atoms with Crippen LogP contribution in [-0.4, -0.2) is 30.7 Å². The van der Waals surface area contributed by atoms with E-state index in [9.17, 15) is 22.0 Å². The molecule has 1 aromatic carbocycles. The second-order valence-corrected chi connectivity index (χ2v) is 7.72. The molecule has 0 atom stereocenters. The Bertz CT molecular complexity index is 1450. The summed E-state index contributed by atoms with van der Waals surface area (Å²) in [6, 6.07) is 10.5. The zero-order valence-electron chi connectivity index (χ0n) is 15.6. The van der Waals surface area contributed by atoms with Gasteiger partial charge in [0.15, 0.2) is 0 Å². The van der Waals surface area contributed by atoms with E-state index in [0.29, 0.717) is 10.9 Å². The third-order valence-corrected chi connectivity index (χ3v) is 5.34. The lowest BCUT2D eigenvalue weighted by Gasteiger charge is -2.20. The van der Waals surface area contributed by atoms with E-state index in [0.717, 1.165) is 16.9 Å². The van der Waals surface area contributed by atoms with E-state index in [-0.39, 0.29) is 28.4 Å². The van der Waals surface area contributed by atoms with E-state index in [2.05, 4.69) is 36.1 Å². The second-order valence-electron chi connectivity index (χ2n) is 6.80. The lowest BCUT2D eigenvalue weighted by atomic mass is 10.00. The molecule has 0 saturated heterocycles. The molecule has 0 spiro atoms. The Morgan fingerprint density at radius 2 is 1.69 bits per heavy atom. The van der Waals surface area contributed by atoms with Gasteiger partial charge in [0.25, 0.3) is 5.89 Å². The lowest BCUT2D eigenvalue weighted by molar-refractivity contribution is -0.290. The van der Waals surface area contributed by atoms with Crippen molar-refractivity contribution in [3.8, 4) is 22.7 Å². The Morgan fingerprint density at radius 3 is 2.34 bits per heavy atom. The van der Waals surface area contributed by atoms with Crippen LogP contribution in [0.15, 0.2) is 63.9 Å². The molecule has 0 fully saturated rings. The molecular formula is C20H9BrF5N5O. The molecule has 5 rings (SSSR count). The van der Waals surface area contributed by atoms with Gasteiger partial charge in [0.05, 0.1) is 0 Å². The highest BCUT2D eigenvalue weighted by molar-refractivity contribution is 9.10. The molecule has 12 heteroatoms. The summed E-state index contributed by atoms with van der Waals surface area (Å²) in [5, 5.41) is 7.65. The molecule has 0 unspecified atom stereocenters. The van der Waals surface area contributed by atoms with Crippen molar-refractivity contribution in [1.82, 2.24) is 24.6 Å². The fourth-order valence-corrected chi connectivity index (χ4v) is 3.56. The molecule has 4 heterocycles. The Kier molecular flexibility index (Phi) is 4.52. The Morgan fingerprint density at radius 1 is 0.938 bits per heavy atom. The number of aromatic nitrogens is 5. The summed E-state index contributed by atoms with van der Waals surface area (Å²) < 4.78 is 75.3. The minimum absolute atomic E-state index is 0.0618. The standard InChI is InChI=1S/C20H9BrF5N5O/c21-11-3-1-10(2-4-11)13-7-15(19(22,23)20(24,25)26)29-17-12(13)5-6-16-28-14(8-31(16)17)18-30-27-9-32-18/h1-9H. The molecule has 4 aromatic heterocycles. The first-order valence-corrected chi connectivity index (χ1v) is 9.75. The Balaban J connectivity index is 1.85. The van der Waals surface area contributed by atoms with Crippen LogP contribution in [0.5, 0.6) is 0 Å². The average molecular weight is 510 g/mol. The quantitative estimate of drug-likeness (QED) is 0.278. The maximum absolute atomic E-state index is 14.3. The Hall–Kier alpha value is -3.41. The molecule has 0 aliphatic heterocycles. The number of benzene rings is 1. The average Bonchev–Trinajstić information content (AvgIpc) is 3.42. The van der Waals surface area contributed by atoms with Gasteiger partial charge in [0.1, 0.15) is 22.7 Å². The van der Waals surface area contributed by atoms with Gasteiger partial charge in [0, 0.05) is 16.1 Å². The number of hydrogen-bond donors (Lipinski definition) is 0. The van der Waals surface area contributed by atoms with E-state index < -0.39 is 17.8 Å². The first-order chi connectivity index (χ1) is 15.1. The normalized spacial score (nSPS) is 12.7. The van der Waals surface area contributed by atoms with Gasteiger partial charge in [-0.1, -0.05) is 28.1 Å². The molecule has 0 N–H and O–H groups in total. The summed E-state index contributed by atoms with van der Waals surface area (Å²) in [6.45, 7) is 0. The van der Waals surface area contributed by atoms with Crippen molar-refractivity contribution >= 4 is 32.6 Å². The fourth-order valence-electron chi connectivity index (χ4n) is 3.29. The van der Waals surface area contributed by atoms with Gasteiger partial charge < -0.3 is 4.42 Å². The summed E-state index contributed by atoms with van der Waals surface area (Å²) >= 11 is 3.28. The van der Waals surface area contributed by atoms with Gasteiger partial charge in [-0.3, -0.25) is 4.40 Å². The maximum Gasteiger partial charge on any atom is 0.459 e. The van der Waals surface area contributed by atoms with Crippen molar-refractivity contribution in [2.45, 2.75) is 12.1 Å². The summed E-state index contributed by atoms with van der Waals surface area (Å²) in [6.07, 6.45) is -3.34. The molecule has 162 valence electrons. The van der Waals surface area contributed by atoms with Gasteiger partial charge in [-0.05, 0) is 41.5 Å². The van der Waals surface area contributed by atoms with Gasteiger partial charge >= 0.3 is 12.1 Å². The Labute approximate surface area is 183 Å². The number of hydrogen-bond acceptors (Lipinski definition) is 5. The second kappa shape index (κ2) is 7.05. The van der Waals surface area contributed by atoms with Crippen molar-refractivity contribution in [3.63, 3.8) is 0 Å². The van der Waals surface area contributed by atoms with E-state index in [1.807, 2.05) is 0 Å². The molecule has 32 heavy (non-hydrogen) atoms. The number of rotatable bonds is 3. The predicted octanol–water partition coefficient (Wildman–Crippen LogP) is 6.02. The number of alkyl halides is 5. The van der Waals surface area contributed by atoms with Crippen molar-refractivity contribution in [2.24, 2.45) is 0 Å². The van der Waals surface area contributed by atoms with Crippen LogP contribution in [0.3, 0.4) is 0 Å². The van der Waals surface area contributed by atoms with Gasteiger partial charge in [-0.15, -0.1) is 10.2 Å². The summed E-state index contributed by atoms with van der Waals surface area (Å²) in [5.74, 6) is -5.10. The van der Waals surface area contributed by atoms with E-state index in [1.165, 1.54) is 10.6 Å². The highest BCUT2D eigenvalue weighted by atomic mass is 79.9. The number of halogens is 6. The van der Waals surface area contributed by atoms with Gasteiger partial charge in [-0.2, -0.15) is 22.0 Å². The van der Waals surface area contributed by atoms with Crippen LogP contribution in [0.4, 0.5) is 22.0 Å². The van der Waals surface area contributed by atoms with E-state index >= 15 is 0 Å². The van der Waals surface area contributed by atoms with Crippen LogP contribution in [0.2, 0.25) is 0 Å². The van der Waals surface area contributed by atoms with Crippen LogP contribution in [0.25, 0.3) is 39.4 Å². The molecule has 0 bridgehead atoms. The van der Waals surface area contributed by atoms with Crippen molar-refractivity contribution in [1.29, 1.82) is 0 Å². The largest absolute Gasteiger partial charge is 0.459 e. The highest BCUT2D eigenvalue weighted by Crippen LogP contribution is 2.45. The molecule has 0 radical (unpaired) electrons. The predicted molar refractivity (Wildman–Crippen MR) is 107 cm³/mol.